The van der Waals surface area contributed by atoms with E-state index in [0.29, 0.717) is 23.1 Å². The van der Waals surface area contributed by atoms with E-state index in [9.17, 15) is 9.59 Å². The highest BCUT2D eigenvalue weighted by atomic mass is 35.5. The number of para-hydroxylation sites is 2. The Labute approximate surface area is 144 Å². The van der Waals surface area contributed by atoms with Crippen LogP contribution in [-0.4, -0.2) is 25.1 Å². The second-order valence-electron chi connectivity index (χ2n) is 4.79. The van der Waals surface area contributed by atoms with Gasteiger partial charge in [-0.2, -0.15) is 0 Å². The van der Waals surface area contributed by atoms with Crippen molar-refractivity contribution in [2.24, 2.45) is 0 Å². The van der Waals surface area contributed by atoms with Crippen LogP contribution in [0.25, 0.3) is 0 Å². The number of ether oxygens (including phenoxy) is 2. The molecule has 24 heavy (non-hydrogen) atoms. The fraction of sp³-hybridized carbons (Fsp3) is 0.176. The van der Waals surface area contributed by atoms with Crippen molar-refractivity contribution in [1.82, 2.24) is 0 Å². The van der Waals surface area contributed by atoms with Crippen LogP contribution in [0, 0.1) is 0 Å². The highest BCUT2D eigenvalue weighted by molar-refractivity contribution is 6.33. The van der Waals surface area contributed by atoms with Crippen molar-refractivity contribution in [1.29, 1.82) is 0 Å². The third kappa shape index (κ3) is 4.63. The van der Waals surface area contributed by atoms with Crippen LogP contribution in [-0.2, 0) is 9.53 Å². The van der Waals surface area contributed by atoms with Gasteiger partial charge < -0.3 is 20.5 Å². The minimum absolute atomic E-state index is 0.222. The van der Waals surface area contributed by atoms with E-state index in [1.54, 1.807) is 24.3 Å². The van der Waals surface area contributed by atoms with Gasteiger partial charge in [0.1, 0.15) is 5.75 Å². The minimum Gasteiger partial charge on any atom is -0.492 e. The lowest BCUT2D eigenvalue weighted by Gasteiger charge is -2.11. The van der Waals surface area contributed by atoms with Gasteiger partial charge in [0.25, 0.3) is 5.91 Å². The molecule has 2 aromatic carbocycles. The molecule has 2 rings (SSSR count). The van der Waals surface area contributed by atoms with Gasteiger partial charge in [0, 0.05) is 0 Å². The lowest BCUT2D eigenvalue weighted by atomic mass is 10.2. The average Bonchev–Trinajstić information content (AvgIpc) is 2.57. The number of hydrogen-bond donors (Lipinski definition) is 2. The predicted octanol–water partition coefficient (Wildman–Crippen LogP) is 3.12. The van der Waals surface area contributed by atoms with Gasteiger partial charge in [-0.15, -0.1) is 0 Å². The first-order valence-corrected chi connectivity index (χ1v) is 7.63. The van der Waals surface area contributed by atoms with Crippen LogP contribution in [0.5, 0.6) is 5.75 Å². The van der Waals surface area contributed by atoms with Crippen molar-refractivity contribution in [2.45, 2.75) is 6.92 Å². The monoisotopic (exact) mass is 348 g/mol. The van der Waals surface area contributed by atoms with Crippen molar-refractivity contribution in [2.75, 3.05) is 24.3 Å². The molecule has 6 nitrogen and oxygen atoms in total. The maximum absolute atomic E-state index is 11.9. The third-order valence-electron chi connectivity index (χ3n) is 3.03. The molecule has 0 bridgehead atoms. The molecule has 0 radical (unpaired) electrons. The van der Waals surface area contributed by atoms with Crippen molar-refractivity contribution >= 4 is 34.9 Å². The zero-order valence-electron chi connectivity index (χ0n) is 13.0. The second kappa shape index (κ2) is 8.21. The van der Waals surface area contributed by atoms with Gasteiger partial charge in [0.15, 0.2) is 6.61 Å². The summed E-state index contributed by atoms with van der Waals surface area (Å²) < 4.78 is 10.4. The molecular formula is C17H17ClN2O4. The van der Waals surface area contributed by atoms with E-state index in [2.05, 4.69) is 5.32 Å². The van der Waals surface area contributed by atoms with Gasteiger partial charge in [-0.3, -0.25) is 4.79 Å². The molecule has 0 heterocycles. The zero-order valence-corrected chi connectivity index (χ0v) is 13.8. The lowest BCUT2D eigenvalue weighted by molar-refractivity contribution is -0.119. The SMILES string of the molecule is CCOc1ccccc1NC(=O)COC(=O)c1ccc(Cl)c(N)c1. The highest BCUT2D eigenvalue weighted by Gasteiger charge is 2.13. The van der Waals surface area contributed by atoms with Crippen LogP contribution in [0.2, 0.25) is 5.02 Å². The number of halogens is 1. The summed E-state index contributed by atoms with van der Waals surface area (Å²) >= 11 is 5.79. The number of benzene rings is 2. The standard InChI is InChI=1S/C17H17ClN2O4/c1-2-23-15-6-4-3-5-14(15)20-16(21)10-24-17(22)11-7-8-12(18)13(19)9-11/h3-9H,2,10,19H2,1H3,(H,20,21). The Kier molecular flexibility index (Phi) is 6.03. The molecule has 0 aliphatic carbocycles. The number of nitrogens with one attached hydrogen (secondary N) is 1. The zero-order chi connectivity index (χ0) is 17.5. The fourth-order valence-electron chi connectivity index (χ4n) is 1.92. The van der Waals surface area contributed by atoms with Gasteiger partial charge in [0.05, 0.1) is 28.6 Å². The molecule has 0 spiro atoms. The van der Waals surface area contributed by atoms with Gasteiger partial charge in [-0.05, 0) is 37.3 Å². The summed E-state index contributed by atoms with van der Waals surface area (Å²) in [6.07, 6.45) is 0. The van der Waals surface area contributed by atoms with Crippen LogP contribution < -0.4 is 15.8 Å². The molecule has 0 aliphatic rings. The number of amides is 1. The smallest absolute Gasteiger partial charge is 0.338 e. The molecule has 7 heteroatoms. The maximum atomic E-state index is 11.9. The third-order valence-corrected chi connectivity index (χ3v) is 3.37. The molecule has 1 amide bonds. The number of hydrogen-bond acceptors (Lipinski definition) is 5. The number of esters is 1. The van der Waals surface area contributed by atoms with Gasteiger partial charge in [0.2, 0.25) is 0 Å². The molecule has 0 aromatic heterocycles. The first-order valence-electron chi connectivity index (χ1n) is 7.25. The molecule has 0 atom stereocenters. The van der Waals surface area contributed by atoms with E-state index < -0.39 is 18.5 Å². The van der Waals surface area contributed by atoms with Gasteiger partial charge in [-0.25, -0.2) is 4.79 Å². The topological polar surface area (TPSA) is 90.6 Å². The molecule has 3 N–H and O–H groups in total. The largest absolute Gasteiger partial charge is 0.492 e. The minimum atomic E-state index is -0.661. The van der Waals surface area contributed by atoms with E-state index in [-0.39, 0.29) is 11.3 Å². The number of nitrogen functional groups attached to an aromatic ring is 1. The van der Waals surface area contributed by atoms with Gasteiger partial charge in [-0.1, -0.05) is 23.7 Å². The van der Waals surface area contributed by atoms with E-state index in [4.69, 9.17) is 26.8 Å². The molecule has 126 valence electrons. The summed E-state index contributed by atoms with van der Waals surface area (Å²) in [6.45, 7) is 1.89. The highest BCUT2D eigenvalue weighted by Crippen LogP contribution is 2.23. The molecule has 0 aliphatic heterocycles. The first-order chi connectivity index (χ1) is 11.5. The Morgan fingerprint density at radius 2 is 1.96 bits per heavy atom. The predicted molar refractivity (Wildman–Crippen MR) is 92.4 cm³/mol. The van der Waals surface area contributed by atoms with Crippen molar-refractivity contribution in [3.8, 4) is 5.75 Å². The maximum Gasteiger partial charge on any atom is 0.338 e. The molecule has 0 saturated carbocycles. The van der Waals surface area contributed by atoms with Crippen LogP contribution >= 0.6 is 11.6 Å². The Morgan fingerprint density at radius 3 is 2.67 bits per heavy atom. The molecular weight excluding hydrogens is 332 g/mol. The van der Waals surface area contributed by atoms with Crippen LogP contribution in [0.4, 0.5) is 11.4 Å². The molecule has 0 unspecified atom stereocenters. The fourth-order valence-corrected chi connectivity index (χ4v) is 2.04. The van der Waals surface area contributed by atoms with Gasteiger partial charge >= 0.3 is 5.97 Å². The summed E-state index contributed by atoms with van der Waals surface area (Å²) in [5, 5.41) is 2.98. The van der Waals surface area contributed by atoms with E-state index >= 15 is 0 Å². The summed E-state index contributed by atoms with van der Waals surface area (Å²) in [7, 11) is 0. The average molecular weight is 349 g/mol. The quantitative estimate of drug-likeness (QED) is 0.618. The molecule has 0 saturated heterocycles. The normalized spacial score (nSPS) is 10.1. The Bertz CT molecular complexity index is 749. The summed E-state index contributed by atoms with van der Waals surface area (Å²) in [5.74, 6) is -0.589. The van der Waals surface area contributed by atoms with Crippen LogP contribution in [0.15, 0.2) is 42.5 Å². The van der Waals surface area contributed by atoms with Crippen molar-refractivity contribution < 1.29 is 19.1 Å². The number of rotatable bonds is 6. The van der Waals surface area contributed by atoms with Crippen LogP contribution in [0.1, 0.15) is 17.3 Å². The summed E-state index contributed by atoms with van der Waals surface area (Å²) in [4.78, 5) is 23.8. The summed E-state index contributed by atoms with van der Waals surface area (Å²) in [6, 6.07) is 11.4. The van der Waals surface area contributed by atoms with Crippen LogP contribution in [0.3, 0.4) is 0 Å². The Morgan fingerprint density at radius 1 is 1.21 bits per heavy atom. The molecule has 2 aromatic rings. The first kappa shape index (κ1) is 17.6. The molecule has 0 fully saturated rings. The number of carbonyl (C=O) groups is 2. The van der Waals surface area contributed by atoms with E-state index in [1.807, 2.05) is 6.92 Å². The Hall–Kier alpha value is -2.73. The number of carbonyl (C=O) groups excluding carboxylic acids is 2. The van der Waals surface area contributed by atoms with Crippen molar-refractivity contribution in [3.05, 3.63) is 53.1 Å². The van der Waals surface area contributed by atoms with E-state index in [1.165, 1.54) is 18.2 Å². The Balaban J connectivity index is 1.93. The number of anilines is 2. The lowest BCUT2D eigenvalue weighted by Crippen LogP contribution is -2.21. The van der Waals surface area contributed by atoms with Crippen molar-refractivity contribution in [3.63, 3.8) is 0 Å². The van der Waals surface area contributed by atoms with E-state index in [0.717, 1.165) is 0 Å². The summed E-state index contributed by atoms with van der Waals surface area (Å²) in [5.41, 5.74) is 6.63. The second-order valence-corrected chi connectivity index (χ2v) is 5.20. The number of nitrogens with two attached hydrogens (primary N) is 1.